The Hall–Kier alpha value is -3.87. The highest BCUT2D eigenvalue weighted by Crippen LogP contribution is 2.33. The predicted octanol–water partition coefficient (Wildman–Crippen LogP) is 4.82. The predicted molar refractivity (Wildman–Crippen MR) is 129 cm³/mol. The van der Waals surface area contributed by atoms with Crippen molar-refractivity contribution in [3.05, 3.63) is 66.7 Å². The maximum atomic E-state index is 13.4. The van der Waals surface area contributed by atoms with E-state index in [0.717, 1.165) is 52.1 Å². The zero-order chi connectivity index (χ0) is 22.2. The average Bonchev–Trinajstić information content (AvgIpc) is 3.06. The molecule has 3 aromatic heterocycles. The molecule has 0 aliphatic carbocycles. The van der Waals surface area contributed by atoms with E-state index in [0.29, 0.717) is 12.4 Å². The molecule has 1 aliphatic heterocycles. The number of hydrogen-bond donors (Lipinski definition) is 1. The fraction of sp³-hybridized carbons (Fsp3) is 0.240. The van der Waals surface area contributed by atoms with Crippen molar-refractivity contribution in [3.8, 4) is 11.3 Å². The molecular formula is C25H26N6O. The van der Waals surface area contributed by atoms with Crippen molar-refractivity contribution in [3.63, 3.8) is 0 Å². The molecular weight excluding hydrogens is 400 g/mol. The van der Waals surface area contributed by atoms with Gasteiger partial charge in [-0.2, -0.15) is 0 Å². The molecule has 7 heteroatoms. The van der Waals surface area contributed by atoms with Gasteiger partial charge >= 0.3 is 6.03 Å². The number of rotatable bonds is 2. The third-order valence-electron chi connectivity index (χ3n) is 5.86. The molecule has 4 heterocycles. The van der Waals surface area contributed by atoms with Crippen molar-refractivity contribution in [1.29, 1.82) is 0 Å². The lowest BCUT2D eigenvalue weighted by Crippen LogP contribution is -2.36. The van der Waals surface area contributed by atoms with Crippen molar-refractivity contribution < 1.29 is 4.79 Å². The van der Waals surface area contributed by atoms with Gasteiger partial charge in [-0.3, -0.25) is 9.88 Å². The van der Waals surface area contributed by atoms with E-state index in [1.165, 1.54) is 0 Å². The van der Waals surface area contributed by atoms with E-state index in [-0.39, 0.29) is 6.03 Å². The third kappa shape index (κ3) is 3.77. The number of pyridine rings is 2. The summed E-state index contributed by atoms with van der Waals surface area (Å²) in [7, 11) is 4.04. The minimum Gasteiger partial charge on any atom is -0.372 e. The van der Waals surface area contributed by atoms with Gasteiger partial charge in [-0.05, 0) is 55.1 Å². The van der Waals surface area contributed by atoms with Crippen molar-refractivity contribution >= 4 is 34.0 Å². The number of aromatic nitrogens is 3. The van der Waals surface area contributed by atoms with Crippen molar-refractivity contribution in [1.82, 2.24) is 14.5 Å². The van der Waals surface area contributed by atoms with Crippen LogP contribution in [0.1, 0.15) is 12.1 Å². The average molecular weight is 427 g/mol. The largest absolute Gasteiger partial charge is 0.372 e. The van der Waals surface area contributed by atoms with Crippen LogP contribution in [0.3, 0.4) is 0 Å². The highest BCUT2D eigenvalue weighted by molar-refractivity contribution is 6.04. The number of carbonyl (C=O) groups excluding carboxylic acids is 1. The molecule has 1 aromatic carbocycles. The molecule has 1 N–H and O–H groups in total. The first-order valence-corrected chi connectivity index (χ1v) is 10.8. The molecule has 0 spiro atoms. The van der Waals surface area contributed by atoms with E-state index in [1.54, 1.807) is 11.1 Å². The van der Waals surface area contributed by atoms with Gasteiger partial charge in [-0.15, -0.1) is 0 Å². The lowest BCUT2D eigenvalue weighted by atomic mass is 10.1. The summed E-state index contributed by atoms with van der Waals surface area (Å²) in [5.41, 5.74) is 4.47. The van der Waals surface area contributed by atoms with Crippen LogP contribution in [0.4, 0.5) is 22.0 Å². The second-order valence-corrected chi connectivity index (χ2v) is 8.35. The number of nitrogens with one attached hydrogen (secondary N) is 1. The van der Waals surface area contributed by atoms with Gasteiger partial charge in [0.05, 0.1) is 11.4 Å². The molecule has 162 valence electrons. The minimum atomic E-state index is -0.174. The summed E-state index contributed by atoms with van der Waals surface area (Å²) in [5.74, 6) is 0.676. The van der Waals surface area contributed by atoms with Crippen molar-refractivity contribution in [2.75, 3.05) is 35.3 Å². The molecule has 4 aromatic rings. The number of nitrogens with zero attached hydrogens (tertiary/aromatic N) is 5. The zero-order valence-corrected chi connectivity index (χ0v) is 18.5. The SMILES string of the molecule is Cc1cc(-c2ccc3c(n2)N(C(=O)Nc2ccc4cn(C)cc4c2)CCCN3C)ccn1. The number of amides is 2. The van der Waals surface area contributed by atoms with Gasteiger partial charge in [-0.25, -0.2) is 9.78 Å². The summed E-state index contributed by atoms with van der Waals surface area (Å²) in [4.78, 5) is 26.5. The van der Waals surface area contributed by atoms with E-state index in [4.69, 9.17) is 4.98 Å². The van der Waals surface area contributed by atoms with Crippen molar-refractivity contribution in [2.45, 2.75) is 13.3 Å². The molecule has 0 radical (unpaired) electrons. The number of aryl methyl sites for hydroxylation is 2. The Bertz CT molecular complexity index is 1310. The molecule has 0 saturated carbocycles. The maximum absolute atomic E-state index is 13.4. The molecule has 1 aliphatic rings. The zero-order valence-electron chi connectivity index (χ0n) is 18.5. The van der Waals surface area contributed by atoms with Crippen molar-refractivity contribution in [2.24, 2.45) is 7.05 Å². The quantitative estimate of drug-likeness (QED) is 0.499. The Labute approximate surface area is 187 Å². The summed E-state index contributed by atoms with van der Waals surface area (Å²) in [5, 5.41) is 5.31. The fourth-order valence-electron chi connectivity index (χ4n) is 4.24. The van der Waals surface area contributed by atoms with Crippen LogP contribution in [0.5, 0.6) is 0 Å². The number of carbonyl (C=O) groups is 1. The minimum absolute atomic E-state index is 0.174. The van der Waals surface area contributed by atoms with Crippen LogP contribution in [0.25, 0.3) is 22.0 Å². The molecule has 0 fully saturated rings. The first-order chi connectivity index (χ1) is 15.5. The second-order valence-electron chi connectivity index (χ2n) is 8.35. The number of anilines is 3. The molecule has 32 heavy (non-hydrogen) atoms. The van der Waals surface area contributed by atoms with Gasteiger partial charge in [0.1, 0.15) is 0 Å². The van der Waals surface area contributed by atoms with E-state index in [2.05, 4.69) is 27.5 Å². The summed E-state index contributed by atoms with van der Waals surface area (Å²) < 4.78 is 2.02. The van der Waals surface area contributed by atoms with E-state index >= 15 is 0 Å². The standard InChI is InChI=1S/C25H26N6O/c1-17-13-18(9-10-26-17)22-7-8-23-24(28-22)31(12-4-11-30(23)3)25(32)27-21-6-5-19-15-29(2)16-20(19)14-21/h5-10,13-16H,4,11-12H2,1-3H3,(H,27,32). The van der Waals surface area contributed by atoms with E-state index in [1.807, 2.05) is 68.2 Å². The van der Waals surface area contributed by atoms with Crippen LogP contribution in [0.2, 0.25) is 0 Å². The summed E-state index contributed by atoms with van der Waals surface area (Å²) in [6, 6.07) is 13.8. The van der Waals surface area contributed by atoms with E-state index < -0.39 is 0 Å². The van der Waals surface area contributed by atoms with Crippen LogP contribution in [-0.2, 0) is 7.05 Å². The summed E-state index contributed by atoms with van der Waals surface area (Å²) >= 11 is 0. The van der Waals surface area contributed by atoms with Crippen LogP contribution >= 0.6 is 0 Å². The second kappa shape index (κ2) is 8.00. The highest BCUT2D eigenvalue weighted by atomic mass is 16.2. The lowest BCUT2D eigenvalue weighted by Gasteiger charge is -2.24. The molecule has 7 nitrogen and oxygen atoms in total. The molecule has 0 atom stereocenters. The summed E-state index contributed by atoms with van der Waals surface area (Å²) in [6.45, 7) is 3.43. The topological polar surface area (TPSA) is 66.3 Å². The third-order valence-corrected chi connectivity index (χ3v) is 5.86. The van der Waals surface area contributed by atoms with Crippen LogP contribution < -0.4 is 15.1 Å². The number of urea groups is 1. The van der Waals surface area contributed by atoms with E-state index in [9.17, 15) is 4.79 Å². The molecule has 5 rings (SSSR count). The molecule has 2 amide bonds. The van der Waals surface area contributed by atoms with Gasteiger partial charge < -0.3 is 14.8 Å². The Morgan fingerprint density at radius 1 is 1.00 bits per heavy atom. The van der Waals surface area contributed by atoms with Gasteiger partial charge in [0.15, 0.2) is 5.82 Å². The van der Waals surface area contributed by atoms with Gasteiger partial charge in [-0.1, -0.05) is 6.07 Å². The first-order valence-electron chi connectivity index (χ1n) is 10.8. The first kappa shape index (κ1) is 20.1. The van der Waals surface area contributed by atoms with Crippen LogP contribution in [0.15, 0.2) is 61.1 Å². The van der Waals surface area contributed by atoms with Gasteiger partial charge in [0.2, 0.25) is 0 Å². The molecule has 0 saturated heterocycles. The highest BCUT2D eigenvalue weighted by Gasteiger charge is 2.25. The van der Waals surface area contributed by atoms with Gasteiger partial charge in [0.25, 0.3) is 0 Å². The number of benzene rings is 1. The number of hydrogen-bond acceptors (Lipinski definition) is 4. The number of fused-ring (bicyclic) bond motifs is 2. The molecule has 0 unspecified atom stereocenters. The Balaban J connectivity index is 1.50. The summed E-state index contributed by atoms with van der Waals surface area (Å²) in [6.07, 6.45) is 6.76. The van der Waals surface area contributed by atoms with Gasteiger partial charge in [0, 0.05) is 68.1 Å². The van der Waals surface area contributed by atoms with Crippen LogP contribution in [-0.4, -0.2) is 40.7 Å². The maximum Gasteiger partial charge on any atom is 0.327 e. The normalized spacial score (nSPS) is 13.7. The smallest absolute Gasteiger partial charge is 0.327 e. The fourth-order valence-corrected chi connectivity index (χ4v) is 4.24. The van der Waals surface area contributed by atoms with Crippen LogP contribution in [0, 0.1) is 6.92 Å². The Morgan fingerprint density at radius 3 is 2.69 bits per heavy atom. The monoisotopic (exact) mass is 426 g/mol. The molecule has 0 bridgehead atoms. The Kier molecular flexibility index (Phi) is 5.01. The lowest BCUT2D eigenvalue weighted by molar-refractivity contribution is 0.257. The Morgan fingerprint density at radius 2 is 1.84 bits per heavy atom.